The van der Waals surface area contributed by atoms with Gasteiger partial charge in [0.1, 0.15) is 5.82 Å². The van der Waals surface area contributed by atoms with Crippen LogP contribution < -0.4 is 5.32 Å². The standard InChI is InChI=1S/C16H20N4/c1-3-11(8-17-2)16-19-10-15(20-16)13-9-18-14-7-5-4-6-12(13)14/h4-7,9-11,17-18H,3,8H2,1-2H3,(H,19,20). The molecule has 0 bridgehead atoms. The first-order chi connectivity index (χ1) is 9.83. The Morgan fingerprint density at radius 1 is 1.30 bits per heavy atom. The number of benzene rings is 1. The van der Waals surface area contributed by atoms with E-state index in [9.17, 15) is 0 Å². The van der Waals surface area contributed by atoms with Gasteiger partial charge < -0.3 is 15.3 Å². The van der Waals surface area contributed by atoms with E-state index < -0.39 is 0 Å². The van der Waals surface area contributed by atoms with Crippen molar-refractivity contribution in [2.45, 2.75) is 19.3 Å². The van der Waals surface area contributed by atoms with E-state index in [4.69, 9.17) is 0 Å². The van der Waals surface area contributed by atoms with Crippen molar-refractivity contribution in [1.29, 1.82) is 0 Å². The molecule has 0 aliphatic carbocycles. The van der Waals surface area contributed by atoms with Gasteiger partial charge in [0.05, 0.1) is 11.9 Å². The van der Waals surface area contributed by atoms with Crippen molar-refractivity contribution in [2.24, 2.45) is 0 Å². The van der Waals surface area contributed by atoms with Gasteiger partial charge in [-0.2, -0.15) is 0 Å². The molecule has 2 heterocycles. The van der Waals surface area contributed by atoms with Gasteiger partial charge in [0.2, 0.25) is 0 Å². The molecule has 0 aliphatic rings. The van der Waals surface area contributed by atoms with E-state index in [1.165, 1.54) is 10.9 Å². The van der Waals surface area contributed by atoms with Crippen LogP contribution in [-0.4, -0.2) is 28.5 Å². The van der Waals surface area contributed by atoms with Gasteiger partial charge in [-0.15, -0.1) is 0 Å². The second kappa shape index (κ2) is 5.51. The van der Waals surface area contributed by atoms with Crippen LogP contribution in [0.15, 0.2) is 36.7 Å². The molecular weight excluding hydrogens is 248 g/mol. The Balaban J connectivity index is 1.97. The summed E-state index contributed by atoms with van der Waals surface area (Å²) >= 11 is 0. The molecule has 0 aliphatic heterocycles. The van der Waals surface area contributed by atoms with Crippen molar-refractivity contribution in [3.8, 4) is 11.3 Å². The van der Waals surface area contributed by atoms with Gasteiger partial charge in [-0.1, -0.05) is 25.1 Å². The summed E-state index contributed by atoms with van der Waals surface area (Å²) in [4.78, 5) is 11.3. The monoisotopic (exact) mass is 268 g/mol. The normalized spacial score (nSPS) is 12.9. The van der Waals surface area contributed by atoms with E-state index in [2.05, 4.69) is 45.4 Å². The zero-order valence-corrected chi connectivity index (χ0v) is 11.9. The van der Waals surface area contributed by atoms with E-state index >= 15 is 0 Å². The van der Waals surface area contributed by atoms with Crippen LogP contribution in [0.5, 0.6) is 0 Å². The van der Waals surface area contributed by atoms with Gasteiger partial charge in [-0.25, -0.2) is 4.98 Å². The lowest BCUT2D eigenvalue weighted by molar-refractivity contribution is 0.586. The number of aromatic nitrogens is 3. The van der Waals surface area contributed by atoms with Crippen LogP contribution in [-0.2, 0) is 0 Å². The molecule has 20 heavy (non-hydrogen) atoms. The first kappa shape index (κ1) is 12.9. The Morgan fingerprint density at radius 3 is 2.95 bits per heavy atom. The predicted molar refractivity (Wildman–Crippen MR) is 82.8 cm³/mol. The highest BCUT2D eigenvalue weighted by molar-refractivity contribution is 5.94. The van der Waals surface area contributed by atoms with E-state index in [1.54, 1.807) is 0 Å². The molecule has 0 saturated carbocycles. The van der Waals surface area contributed by atoms with Crippen molar-refractivity contribution in [3.05, 3.63) is 42.5 Å². The first-order valence-corrected chi connectivity index (χ1v) is 7.09. The summed E-state index contributed by atoms with van der Waals surface area (Å²) in [5, 5.41) is 4.45. The summed E-state index contributed by atoms with van der Waals surface area (Å²) < 4.78 is 0. The summed E-state index contributed by atoms with van der Waals surface area (Å²) in [6, 6.07) is 8.33. The zero-order valence-electron chi connectivity index (χ0n) is 11.9. The average Bonchev–Trinajstić information content (AvgIpc) is 3.11. The lowest BCUT2D eigenvalue weighted by Gasteiger charge is -2.10. The highest BCUT2D eigenvalue weighted by Crippen LogP contribution is 2.28. The smallest absolute Gasteiger partial charge is 0.110 e. The molecule has 0 spiro atoms. The highest BCUT2D eigenvalue weighted by Gasteiger charge is 2.14. The van der Waals surface area contributed by atoms with Crippen molar-refractivity contribution in [3.63, 3.8) is 0 Å². The van der Waals surface area contributed by atoms with E-state index in [1.807, 2.05) is 25.5 Å². The van der Waals surface area contributed by atoms with Crippen molar-refractivity contribution in [2.75, 3.05) is 13.6 Å². The fraction of sp³-hybridized carbons (Fsp3) is 0.312. The molecule has 0 radical (unpaired) electrons. The highest BCUT2D eigenvalue weighted by atomic mass is 14.9. The van der Waals surface area contributed by atoms with Crippen molar-refractivity contribution in [1.82, 2.24) is 20.3 Å². The maximum Gasteiger partial charge on any atom is 0.110 e. The largest absolute Gasteiger partial charge is 0.360 e. The average molecular weight is 268 g/mol. The van der Waals surface area contributed by atoms with Crippen LogP contribution in [0.2, 0.25) is 0 Å². The molecule has 0 saturated heterocycles. The molecule has 3 rings (SSSR count). The van der Waals surface area contributed by atoms with Crippen molar-refractivity contribution < 1.29 is 0 Å². The maximum absolute atomic E-state index is 4.56. The first-order valence-electron chi connectivity index (χ1n) is 7.09. The van der Waals surface area contributed by atoms with Crippen LogP contribution >= 0.6 is 0 Å². The molecule has 4 heteroatoms. The Kier molecular flexibility index (Phi) is 3.56. The molecule has 3 aromatic rings. The van der Waals surface area contributed by atoms with Crippen LogP contribution in [0.25, 0.3) is 22.2 Å². The Bertz CT molecular complexity index is 695. The number of likely N-dealkylation sites (N-methyl/N-ethyl adjacent to an activating group) is 1. The molecule has 0 fully saturated rings. The minimum Gasteiger partial charge on any atom is -0.360 e. The molecule has 1 atom stereocenters. The lowest BCUT2D eigenvalue weighted by atomic mass is 10.1. The number of imidazole rings is 1. The van der Waals surface area contributed by atoms with Crippen LogP contribution in [0.4, 0.5) is 0 Å². The fourth-order valence-electron chi connectivity index (χ4n) is 2.66. The van der Waals surface area contributed by atoms with Crippen LogP contribution in [0, 0.1) is 0 Å². The molecule has 2 aromatic heterocycles. The minimum atomic E-state index is 0.430. The van der Waals surface area contributed by atoms with Crippen molar-refractivity contribution >= 4 is 10.9 Å². The molecule has 4 nitrogen and oxygen atoms in total. The number of H-pyrrole nitrogens is 2. The quantitative estimate of drug-likeness (QED) is 0.665. The second-order valence-corrected chi connectivity index (χ2v) is 5.09. The van der Waals surface area contributed by atoms with E-state index in [0.717, 1.165) is 30.0 Å². The zero-order chi connectivity index (χ0) is 13.9. The topological polar surface area (TPSA) is 56.5 Å². The van der Waals surface area contributed by atoms with Crippen LogP contribution in [0.1, 0.15) is 25.1 Å². The summed E-state index contributed by atoms with van der Waals surface area (Å²) in [5.41, 5.74) is 3.41. The molecule has 0 amide bonds. The number of fused-ring (bicyclic) bond motifs is 1. The Hall–Kier alpha value is -2.07. The molecule has 1 aromatic carbocycles. The second-order valence-electron chi connectivity index (χ2n) is 5.09. The number of nitrogens with zero attached hydrogens (tertiary/aromatic N) is 1. The number of nitrogens with one attached hydrogen (secondary N) is 3. The van der Waals surface area contributed by atoms with Gasteiger partial charge in [-0.3, -0.25) is 0 Å². The van der Waals surface area contributed by atoms with Crippen LogP contribution in [0.3, 0.4) is 0 Å². The summed E-state index contributed by atoms with van der Waals surface area (Å²) in [5.74, 6) is 1.49. The third-order valence-corrected chi connectivity index (χ3v) is 3.80. The Morgan fingerprint density at radius 2 is 2.15 bits per heavy atom. The van der Waals surface area contributed by atoms with Gasteiger partial charge >= 0.3 is 0 Å². The lowest BCUT2D eigenvalue weighted by Crippen LogP contribution is -2.17. The maximum atomic E-state index is 4.56. The number of aromatic amines is 2. The fourth-order valence-corrected chi connectivity index (χ4v) is 2.66. The summed E-state index contributed by atoms with van der Waals surface area (Å²) in [6.07, 6.45) is 5.05. The van der Waals surface area contributed by atoms with E-state index in [0.29, 0.717) is 5.92 Å². The summed E-state index contributed by atoms with van der Waals surface area (Å²) in [7, 11) is 1.98. The molecule has 3 N–H and O–H groups in total. The number of hydrogen-bond donors (Lipinski definition) is 3. The van der Waals surface area contributed by atoms with Gasteiger partial charge in [0, 0.05) is 35.1 Å². The van der Waals surface area contributed by atoms with Gasteiger partial charge in [-0.05, 0) is 19.5 Å². The van der Waals surface area contributed by atoms with Gasteiger partial charge in [0.15, 0.2) is 0 Å². The molecule has 1 unspecified atom stereocenters. The summed E-state index contributed by atoms with van der Waals surface area (Å²) in [6.45, 7) is 3.13. The minimum absolute atomic E-state index is 0.430. The predicted octanol–water partition coefficient (Wildman–Crippen LogP) is 3.27. The number of hydrogen-bond acceptors (Lipinski definition) is 2. The van der Waals surface area contributed by atoms with E-state index in [-0.39, 0.29) is 0 Å². The SMILES string of the molecule is CCC(CNC)c1ncc(-c2c[nH]c3ccccc23)[nH]1. The van der Waals surface area contributed by atoms with Gasteiger partial charge in [0.25, 0.3) is 0 Å². The third-order valence-electron chi connectivity index (χ3n) is 3.80. The number of para-hydroxylation sites is 1. The molecular formula is C16H20N4. The molecule has 104 valence electrons. The third kappa shape index (κ3) is 2.23. The number of rotatable bonds is 5. The Labute approximate surface area is 118 Å².